The Morgan fingerprint density at radius 2 is 1.89 bits per heavy atom. The summed E-state index contributed by atoms with van der Waals surface area (Å²) in [5, 5.41) is 4.46. The van der Waals surface area contributed by atoms with E-state index in [4.69, 9.17) is 4.74 Å². The number of thiophene rings is 1. The fourth-order valence-electron chi connectivity index (χ4n) is 5.57. The molecule has 1 unspecified atom stereocenters. The number of ether oxygens (including phenoxy) is 1. The number of carbonyl (C=O) groups excluding carboxylic acids is 1. The molecular formula is C30H31N3O2S. The molecule has 1 aliphatic carbocycles. The van der Waals surface area contributed by atoms with Gasteiger partial charge in [0.15, 0.2) is 0 Å². The van der Waals surface area contributed by atoms with Crippen LogP contribution in [-0.4, -0.2) is 22.6 Å². The Balaban J connectivity index is 1.47. The predicted molar refractivity (Wildman–Crippen MR) is 146 cm³/mol. The normalized spacial score (nSPS) is 16.5. The Bertz CT molecular complexity index is 1400. The summed E-state index contributed by atoms with van der Waals surface area (Å²) in [6.07, 6.45) is 7.81. The third-order valence-corrected chi connectivity index (χ3v) is 8.80. The molecule has 36 heavy (non-hydrogen) atoms. The number of benzene rings is 2. The number of methoxy groups -OCH3 is 1. The van der Waals surface area contributed by atoms with E-state index in [2.05, 4.69) is 53.3 Å². The first-order valence-electron chi connectivity index (χ1n) is 12.8. The molecule has 0 spiro atoms. The van der Waals surface area contributed by atoms with E-state index in [9.17, 15) is 4.79 Å². The lowest BCUT2D eigenvalue weighted by atomic mass is 9.95. The van der Waals surface area contributed by atoms with Gasteiger partial charge < -0.3 is 19.5 Å². The molecule has 1 atom stereocenters. The van der Waals surface area contributed by atoms with Crippen LogP contribution >= 0.6 is 11.3 Å². The Labute approximate surface area is 216 Å². The van der Waals surface area contributed by atoms with Crippen molar-refractivity contribution in [3.63, 3.8) is 0 Å². The average molecular weight is 498 g/mol. The first kappa shape index (κ1) is 22.9. The monoisotopic (exact) mass is 497 g/mol. The molecule has 1 N–H and O–H groups in total. The SMILES string of the molecule is CCc1ccc(NC(=O)N2Cc3c(sc4c3CCCC4)-n3cccc3C2c2cccc(OC)c2)cc1. The van der Waals surface area contributed by atoms with Crippen molar-refractivity contribution in [3.8, 4) is 10.8 Å². The number of fused-ring (bicyclic) bond motifs is 5. The van der Waals surface area contributed by atoms with Gasteiger partial charge in [0, 0.05) is 22.3 Å². The lowest BCUT2D eigenvalue weighted by Crippen LogP contribution is -2.38. The number of aromatic nitrogens is 1. The van der Waals surface area contributed by atoms with Crippen molar-refractivity contribution >= 4 is 23.1 Å². The van der Waals surface area contributed by atoms with Gasteiger partial charge in [-0.2, -0.15) is 0 Å². The van der Waals surface area contributed by atoms with Crippen LogP contribution in [0.1, 0.15) is 58.6 Å². The fourth-order valence-corrected chi connectivity index (χ4v) is 6.97. The molecule has 2 aromatic heterocycles. The molecule has 0 saturated heterocycles. The number of carbonyl (C=O) groups is 1. The average Bonchev–Trinajstić information content (AvgIpc) is 3.51. The van der Waals surface area contributed by atoms with Crippen molar-refractivity contribution in [1.82, 2.24) is 9.47 Å². The number of aryl methyl sites for hydroxylation is 2. The first-order chi connectivity index (χ1) is 17.7. The van der Waals surface area contributed by atoms with Crippen molar-refractivity contribution in [2.24, 2.45) is 0 Å². The maximum atomic E-state index is 14.0. The van der Waals surface area contributed by atoms with Crippen LogP contribution in [0.25, 0.3) is 5.00 Å². The molecule has 5 nitrogen and oxygen atoms in total. The molecule has 0 bridgehead atoms. The van der Waals surface area contributed by atoms with Crippen LogP contribution in [0.5, 0.6) is 5.75 Å². The van der Waals surface area contributed by atoms with Gasteiger partial charge in [0.25, 0.3) is 0 Å². The highest BCUT2D eigenvalue weighted by Crippen LogP contribution is 2.44. The van der Waals surface area contributed by atoms with Crippen LogP contribution in [0.2, 0.25) is 0 Å². The van der Waals surface area contributed by atoms with E-state index in [1.54, 1.807) is 7.11 Å². The van der Waals surface area contributed by atoms with Gasteiger partial charge in [-0.25, -0.2) is 4.79 Å². The van der Waals surface area contributed by atoms with E-state index < -0.39 is 0 Å². The largest absolute Gasteiger partial charge is 0.497 e. The molecule has 2 aliphatic rings. The Kier molecular flexibility index (Phi) is 6.05. The number of rotatable bonds is 4. The second-order valence-corrected chi connectivity index (χ2v) is 10.7. The quantitative estimate of drug-likeness (QED) is 0.326. The molecule has 6 rings (SSSR count). The van der Waals surface area contributed by atoms with Crippen LogP contribution < -0.4 is 10.1 Å². The molecule has 0 radical (unpaired) electrons. The number of nitrogens with zero attached hydrogens (tertiary/aromatic N) is 2. The maximum Gasteiger partial charge on any atom is 0.322 e. The summed E-state index contributed by atoms with van der Waals surface area (Å²) in [6, 6.07) is 20.1. The van der Waals surface area contributed by atoms with Gasteiger partial charge in [0.05, 0.1) is 25.4 Å². The molecule has 2 aromatic carbocycles. The Hall–Kier alpha value is -3.51. The van der Waals surface area contributed by atoms with E-state index in [1.807, 2.05) is 46.6 Å². The second kappa shape index (κ2) is 9.51. The number of hydrogen-bond acceptors (Lipinski definition) is 3. The van der Waals surface area contributed by atoms with E-state index >= 15 is 0 Å². The Morgan fingerprint density at radius 1 is 1.06 bits per heavy atom. The van der Waals surface area contributed by atoms with Gasteiger partial charge >= 0.3 is 6.03 Å². The summed E-state index contributed by atoms with van der Waals surface area (Å²) in [4.78, 5) is 17.5. The highest BCUT2D eigenvalue weighted by atomic mass is 32.1. The van der Waals surface area contributed by atoms with Crippen LogP contribution in [0.3, 0.4) is 0 Å². The van der Waals surface area contributed by atoms with Crippen LogP contribution in [0.4, 0.5) is 10.5 Å². The van der Waals surface area contributed by atoms with Crippen molar-refractivity contribution < 1.29 is 9.53 Å². The highest BCUT2D eigenvalue weighted by molar-refractivity contribution is 7.15. The predicted octanol–water partition coefficient (Wildman–Crippen LogP) is 7.13. The summed E-state index contributed by atoms with van der Waals surface area (Å²) >= 11 is 1.91. The zero-order valence-corrected chi connectivity index (χ0v) is 21.6. The second-order valence-electron chi connectivity index (χ2n) is 9.59. The number of anilines is 1. The van der Waals surface area contributed by atoms with Crippen LogP contribution in [0, 0.1) is 0 Å². The third-order valence-electron chi connectivity index (χ3n) is 7.46. The minimum Gasteiger partial charge on any atom is -0.497 e. The minimum atomic E-state index is -0.246. The zero-order valence-electron chi connectivity index (χ0n) is 20.8. The smallest absolute Gasteiger partial charge is 0.322 e. The van der Waals surface area contributed by atoms with E-state index in [1.165, 1.54) is 39.4 Å². The molecule has 6 heteroatoms. The first-order valence-corrected chi connectivity index (χ1v) is 13.6. The minimum absolute atomic E-state index is 0.0940. The summed E-state index contributed by atoms with van der Waals surface area (Å²) in [7, 11) is 1.68. The van der Waals surface area contributed by atoms with Gasteiger partial charge in [-0.1, -0.05) is 31.2 Å². The Morgan fingerprint density at radius 3 is 2.69 bits per heavy atom. The van der Waals surface area contributed by atoms with Gasteiger partial charge in [-0.05, 0) is 85.2 Å². The van der Waals surface area contributed by atoms with Gasteiger partial charge in [0.2, 0.25) is 0 Å². The van der Waals surface area contributed by atoms with E-state index in [0.29, 0.717) is 6.54 Å². The summed E-state index contributed by atoms with van der Waals surface area (Å²) in [5.74, 6) is 0.789. The van der Waals surface area contributed by atoms with Gasteiger partial charge in [-0.3, -0.25) is 0 Å². The molecule has 0 saturated carbocycles. The number of hydrogen-bond donors (Lipinski definition) is 1. The van der Waals surface area contributed by atoms with Crippen molar-refractivity contribution in [2.45, 2.75) is 51.6 Å². The molecule has 3 heterocycles. The van der Waals surface area contributed by atoms with Crippen molar-refractivity contribution in [2.75, 3.05) is 12.4 Å². The molecule has 1 aliphatic heterocycles. The van der Waals surface area contributed by atoms with E-state index in [0.717, 1.165) is 42.0 Å². The molecule has 184 valence electrons. The van der Waals surface area contributed by atoms with Crippen molar-refractivity contribution in [1.29, 1.82) is 0 Å². The third kappa shape index (κ3) is 3.99. The number of amides is 2. The highest BCUT2D eigenvalue weighted by Gasteiger charge is 2.36. The maximum absolute atomic E-state index is 14.0. The standard InChI is InChI=1S/C30H31N3O2S/c1-3-20-13-15-22(16-14-20)31-30(34)33-19-25-24-10-4-5-12-27(24)36-29(25)32-17-7-11-26(32)28(33)21-8-6-9-23(18-21)35-2/h6-9,11,13-18,28H,3-5,10,12,19H2,1-2H3,(H,31,34). The number of urea groups is 1. The summed E-state index contributed by atoms with van der Waals surface area (Å²) in [5.41, 5.74) is 6.95. The zero-order chi connectivity index (χ0) is 24.6. The lowest BCUT2D eigenvalue weighted by molar-refractivity contribution is 0.194. The topological polar surface area (TPSA) is 46.5 Å². The fraction of sp³-hybridized carbons (Fsp3) is 0.300. The van der Waals surface area contributed by atoms with Crippen LogP contribution in [0.15, 0.2) is 66.9 Å². The van der Waals surface area contributed by atoms with Gasteiger partial charge in [0.1, 0.15) is 10.8 Å². The molecule has 0 fully saturated rings. The van der Waals surface area contributed by atoms with Crippen LogP contribution in [-0.2, 0) is 25.8 Å². The van der Waals surface area contributed by atoms with Crippen molar-refractivity contribution in [3.05, 3.63) is 99.7 Å². The molecular weight excluding hydrogens is 466 g/mol. The molecule has 4 aromatic rings. The van der Waals surface area contributed by atoms with Gasteiger partial charge in [-0.15, -0.1) is 11.3 Å². The lowest BCUT2D eigenvalue weighted by Gasteiger charge is -2.31. The summed E-state index contributed by atoms with van der Waals surface area (Å²) in [6.45, 7) is 2.71. The number of nitrogens with one attached hydrogen (secondary N) is 1. The molecule has 2 amide bonds. The summed E-state index contributed by atoms with van der Waals surface area (Å²) < 4.78 is 7.87. The van der Waals surface area contributed by atoms with E-state index in [-0.39, 0.29) is 12.1 Å².